The molecule has 138 valence electrons. The zero-order chi connectivity index (χ0) is 19.2. The smallest absolute Gasteiger partial charge is 0.308 e. The molecular formula is C22H22N2O3. The zero-order valence-electron chi connectivity index (χ0n) is 15.3. The molecule has 0 fully saturated rings. The summed E-state index contributed by atoms with van der Waals surface area (Å²) in [5, 5.41) is 0.422. The molecule has 0 unspecified atom stereocenters. The first kappa shape index (κ1) is 18.6. The third-order valence-corrected chi connectivity index (χ3v) is 4.45. The number of benzene rings is 2. The Morgan fingerprint density at radius 2 is 2.04 bits per heavy atom. The predicted molar refractivity (Wildman–Crippen MR) is 106 cm³/mol. The molecule has 0 N–H and O–H groups in total. The van der Waals surface area contributed by atoms with Gasteiger partial charge in [-0.1, -0.05) is 36.4 Å². The second kappa shape index (κ2) is 8.45. The number of hydrogen-bond acceptors (Lipinski definition) is 4. The van der Waals surface area contributed by atoms with Gasteiger partial charge in [-0.15, -0.1) is 6.58 Å². The summed E-state index contributed by atoms with van der Waals surface area (Å²) in [7, 11) is 0. The maximum absolute atomic E-state index is 12.9. The van der Waals surface area contributed by atoms with Gasteiger partial charge in [-0.25, -0.2) is 4.98 Å². The quantitative estimate of drug-likeness (QED) is 0.361. The highest BCUT2D eigenvalue weighted by molar-refractivity contribution is 5.80. The average molecular weight is 362 g/mol. The molecular weight excluding hydrogens is 340 g/mol. The molecule has 2 aromatic carbocycles. The third-order valence-electron chi connectivity index (χ3n) is 4.45. The van der Waals surface area contributed by atoms with Crippen LogP contribution in [0.2, 0.25) is 0 Å². The lowest BCUT2D eigenvalue weighted by atomic mass is 10.0. The molecule has 0 saturated carbocycles. The van der Waals surface area contributed by atoms with E-state index in [1.807, 2.05) is 18.2 Å². The van der Waals surface area contributed by atoms with Crippen LogP contribution < -0.4 is 10.3 Å². The highest BCUT2D eigenvalue weighted by Crippen LogP contribution is 2.20. The van der Waals surface area contributed by atoms with E-state index >= 15 is 0 Å². The number of nitrogens with zero attached hydrogens (tertiary/aromatic N) is 2. The highest BCUT2D eigenvalue weighted by Gasteiger charge is 2.13. The number of rotatable bonds is 7. The first-order valence-electron chi connectivity index (χ1n) is 8.94. The zero-order valence-corrected chi connectivity index (χ0v) is 15.3. The van der Waals surface area contributed by atoms with E-state index in [1.54, 1.807) is 35.2 Å². The summed E-state index contributed by atoms with van der Waals surface area (Å²) in [5.74, 6) is -0.0886. The number of fused-ring (bicyclic) bond motifs is 1. The Hall–Kier alpha value is -3.21. The van der Waals surface area contributed by atoms with Crippen molar-refractivity contribution in [2.24, 2.45) is 0 Å². The topological polar surface area (TPSA) is 61.2 Å². The normalized spacial score (nSPS) is 11.9. The Kier molecular flexibility index (Phi) is 5.81. The Morgan fingerprint density at radius 1 is 1.26 bits per heavy atom. The van der Waals surface area contributed by atoms with Gasteiger partial charge in [-0.2, -0.15) is 0 Å². The molecule has 0 amide bonds. The second-order valence-corrected chi connectivity index (χ2v) is 6.41. The third kappa shape index (κ3) is 4.50. The van der Waals surface area contributed by atoms with Gasteiger partial charge in [-0.05, 0) is 43.0 Å². The van der Waals surface area contributed by atoms with Crippen molar-refractivity contribution in [2.45, 2.75) is 32.2 Å². The molecule has 1 atom stereocenters. The number of carbonyl (C=O) groups excluding carboxylic acids is 1. The Morgan fingerprint density at radius 3 is 2.74 bits per heavy atom. The maximum Gasteiger partial charge on any atom is 0.308 e. The van der Waals surface area contributed by atoms with Crippen molar-refractivity contribution in [3.8, 4) is 5.75 Å². The molecule has 0 bridgehead atoms. The van der Waals surface area contributed by atoms with Crippen LogP contribution in [-0.4, -0.2) is 15.5 Å². The van der Waals surface area contributed by atoms with Crippen molar-refractivity contribution in [1.82, 2.24) is 9.55 Å². The number of aryl methyl sites for hydroxylation is 1. The van der Waals surface area contributed by atoms with E-state index in [-0.39, 0.29) is 11.6 Å². The van der Waals surface area contributed by atoms with Crippen LogP contribution in [0.4, 0.5) is 0 Å². The van der Waals surface area contributed by atoms with E-state index in [0.29, 0.717) is 16.7 Å². The van der Waals surface area contributed by atoms with Gasteiger partial charge in [0.2, 0.25) is 0 Å². The van der Waals surface area contributed by atoms with Gasteiger partial charge in [0.05, 0.1) is 23.3 Å². The molecule has 3 aromatic rings. The second-order valence-electron chi connectivity index (χ2n) is 6.41. The number of ether oxygens (including phenoxy) is 1. The van der Waals surface area contributed by atoms with E-state index in [4.69, 9.17) is 4.74 Å². The molecule has 1 heterocycles. The minimum Gasteiger partial charge on any atom is -0.427 e. The fourth-order valence-corrected chi connectivity index (χ4v) is 3.11. The molecule has 1 aromatic heterocycles. The largest absolute Gasteiger partial charge is 0.427 e. The summed E-state index contributed by atoms with van der Waals surface area (Å²) in [6.07, 6.45) is 5.99. The lowest BCUT2D eigenvalue weighted by Gasteiger charge is -2.16. The van der Waals surface area contributed by atoms with Crippen LogP contribution in [0.5, 0.6) is 5.75 Å². The van der Waals surface area contributed by atoms with Gasteiger partial charge in [0.25, 0.3) is 5.56 Å². The minimum atomic E-state index is -0.427. The van der Waals surface area contributed by atoms with E-state index in [2.05, 4.69) is 23.7 Å². The first-order valence-corrected chi connectivity index (χ1v) is 8.94. The number of esters is 1. The van der Waals surface area contributed by atoms with Crippen LogP contribution in [0.15, 0.2) is 72.3 Å². The van der Waals surface area contributed by atoms with Crippen molar-refractivity contribution in [1.29, 1.82) is 0 Å². The van der Waals surface area contributed by atoms with E-state index in [0.717, 1.165) is 19.3 Å². The lowest BCUT2D eigenvalue weighted by molar-refractivity contribution is -0.131. The molecule has 5 nitrogen and oxygen atoms in total. The van der Waals surface area contributed by atoms with Gasteiger partial charge < -0.3 is 4.74 Å². The van der Waals surface area contributed by atoms with Crippen molar-refractivity contribution < 1.29 is 9.53 Å². The Labute approximate surface area is 157 Å². The van der Waals surface area contributed by atoms with Crippen molar-refractivity contribution in [2.75, 3.05) is 0 Å². The molecule has 0 aliphatic carbocycles. The Balaban J connectivity index is 1.82. The summed E-state index contributed by atoms with van der Waals surface area (Å²) in [6, 6.07) is 15.0. The number of carbonyl (C=O) groups is 1. The monoisotopic (exact) mass is 362 g/mol. The summed E-state index contributed by atoms with van der Waals surface area (Å²) in [4.78, 5) is 28.5. The van der Waals surface area contributed by atoms with Crippen LogP contribution in [0.1, 0.15) is 31.4 Å². The molecule has 27 heavy (non-hydrogen) atoms. The van der Waals surface area contributed by atoms with Crippen LogP contribution in [-0.2, 0) is 11.2 Å². The molecule has 0 spiro atoms. The van der Waals surface area contributed by atoms with E-state index in [9.17, 15) is 9.59 Å². The van der Waals surface area contributed by atoms with Crippen molar-refractivity contribution in [3.05, 3.63) is 83.4 Å². The van der Waals surface area contributed by atoms with Crippen LogP contribution in [0, 0.1) is 0 Å². The first-order chi connectivity index (χ1) is 13.1. The van der Waals surface area contributed by atoms with Gasteiger partial charge >= 0.3 is 5.97 Å². The molecule has 5 heteroatoms. The highest BCUT2D eigenvalue weighted by atomic mass is 16.5. The van der Waals surface area contributed by atoms with Crippen LogP contribution in [0.25, 0.3) is 10.9 Å². The van der Waals surface area contributed by atoms with E-state index < -0.39 is 5.97 Å². The lowest BCUT2D eigenvalue weighted by Crippen LogP contribution is -2.24. The van der Waals surface area contributed by atoms with Crippen LogP contribution in [0.3, 0.4) is 0 Å². The van der Waals surface area contributed by atoms with Gasteiger partial charge in [-0.3, -0.25) is 14.2 Å². The molecule has 0 saturated heterocycles. The summed E-state index contributed by atoms with van der Waals surface area (Å²) >= 11 is 0. The average Bonchev–Trinajstić information content (AvgIpc) is 2.67. The fourth-order valence-electron chi connectivity index (χ4n) is 3.11. The summed E-state index contributed by atoms with van der Waals surface area (Å²) in [5.41, 5.74) is 1.67. The molecule has 3 rings (SSSR count). The SMILES string of the molecule is C=C[C@@H](CCCc1ccccc1)n1cnc2ccc(OC(C)=O)cc2c1=O. The van der Waals surface area contributed by atoms with E-state index in [1.165, 1.54) is 12.5 Å². The minimum absolute atomic E-state index is 0.143. The summed E-state index contributed by atoms with van der Waals surface area (Å²) < 4.78 is 6.68. The van der Waals surface area contributed by atoms with Gasteiger partial charge in [0.15, 0.2) is 0 Å². The summed E-state index contributed by atoms with van der Waals surface area (Å²) in [6.45, 7) is 5.21. The van der Waals surface area contributed by atoms with Crippen molar-refractivity contribution >= 4 is 16.9 Å². The predicted octanol–water partition coefficient (Wildman–Crippen LogP) is 4.07. The number of allylic oxidation sites excluding steroid dienone is 1. The van der Waals surface area contributed by atoms with Crippen molar-refractivity contribution in [3.63, 3.8) is 0 Å². The van der Waals surface area contributed by atoms with Crippen LogP contribution >= 0.6 is 0 Å². The Bertz CT molecular complexity index is 1010. The standard InChI is InChI=1S/C22H22N2O3/c1-3-18(11-7-10-17-8-5-4-6-9-17)24-15-23-21-13-12-19(27-16(2)25)14-20(21)22(24)26/h3-6,8-9,12-15,18H,1,7,10-11H2,2H3/t18-/m0/s1. The molecule has 0 radical (unpaired) electrons. The fraction of sp³-hybridized carbons (Fsp3) is 0.227. The number of aromatic nitrogens is 2. The molecule has 0 aliphatic heterocycles. The maximum atomic E-state index is 12.9. The number of hydrogen-bond donors (Lipinski definition) is 0. The van der Waals surface area contributed by atoms with Gasteiger partial charge in [0, 0.05) is 6.92 Å². The van der Waals surface area contributed by atoms with Gasteiger partial charge in [0.1, 0.15) is 5.75 Å². The molecule has 0 aliphatic rings.